The molecule has 0 saturated carbocycles. The highest BCUT2D eigenvalue weighted by Gasteiger charge is 2.52. The molecule has 0 aliphatic carbocycles. The summed E-state index contributed by atoms with van der Waals surface area (Å²) in [5.41, 5.74) is 3.01. The van der Waals surface area contributed by atoms with Gasteiger partial charge in [-0.2, -0.15) is 26.3 Å². The van der Waals surface area contributed by atoms with Crippen LogP contribution in [0, 0.1) is 0 Å². The molecule has 3 nitrogen and oxygen atoms in total. The second kappa shape index (κ2) is 4.68. The lowest BCUT2D eigenvalue weighted by molar-refractivity contribution is -0.201. The van der Waals surface area contributed by atoms with Crippen LogP contribution in [-0.2, 0) is 15.7 Å². The van der Waals surface area contributed by atoms with Crippen molar-refractivity contribution in [2.45, 2.75) is 18.5 Å². The number of Topliss-reactive ketones (excluding diaryl/α,β-unsaturated/α-hetero) is 1. The molecule has 1 aromatic rings. The number of carbonyl (C=O) groups excluding carboxylic acids is 1. The van der Waals surface area contributed by atoms with Gasteiger partial charge in [-0.3, -0.25) is 4.79 Å². The van der Waals surface area contributed by atoms with E-state index in [0.717, 1.165) is 18.2 Å². The summed E-state index contributed by atoms with van der Waals surface area (Å²) in [6, 6.07) is 3.29. The number of rotatable bonds is 1. The number of benzene rings is 1. The van der Waals surface area contributed by atoms with Gasteiger partial charge in [0.25, 0.3) is 6.10 Å². The van der Waals surface area contributed by atoms with E-state index in [1.165, 1.54) is 0 Å². The van der Waals surface area contributed by atoms with Crippen LogP contribution < -0.4 is 5.73 Å². The van der Waals surface area contributed by atoms with Crippen LogP contribution in [0.15, 0.2) is 30.1 Å². The van der Waals surface area contributed by atoms with Gasteiger partial charge in [0.2, 0.25) is 5.78 Å². The van der Waals surface area contributed by atoms with Crippen molar-refractivity contribution in [2.24, 2.45) is 5.73 Å². The smallest absolute Gasteiger partial charge is 0.433 e. The zero-order valence-electron chi connectivity index (χ0n) is 10.0. The first-order chi connectivity index (χ1) is 9.51. The number of carbonyl (C=O) groups is 1. The van der Waals surface area contributed by atoms with Gasteiger partial charge in [0.1, 0.15) is 0 Å². The molecule has 0 radical (unpaired) electrons. The van der Waals surface area contributed by atoms with Gasteiger partial charge in [0, 0.05) is 0 Å². The van der Waals surface area contributed by atoms with Crippen molar-refractivity contribution in [1.29, 1.82) is 0 Å². The standard InChI is InChI=1S/C12H7F6NO2/c13-11(14,15)6-3-1-2-5(4-6)7-8(20)9(12(16,17)18)21-10(7)19/h1-4,9H,19H2. The van der Waals surface area contributed by atoms with E-state index in [1.54, 1.807) is 0 Å². The average molecular weight is 311 g/mol. The maximum Gasteiger partial charge on any atom is 0.433 e. The third kappa shape index (κ3) is 2.81. The summed E-state index contributed by atoms with van der Waals surface area (Å²) in [5.74, 6) is -2.36. The van der Waals surface area contributed by atoms with Gasteiger partial charge in [-0.15, -0.1) is 0 Å². The molecule has 1 aliphatic rings. The van der Waals surface area contributed by atoms with E-state index in [9.17, 15) is 31.1 Å². The van der Waals surface area contributed by atoms with Crippen molar-refractivity contribution in [3.05, 3.63) is 41.3 Å². The molecule has 1 heterocycles. The van der Waals surface area contributed by atoms with E-state index in [0.29, 0.717) is 6.07 Å². The summed E-state index contributed by atoms with van der Waals surface area (Å²) in [6.45, 7) is 0. The van der Waals surface area contributed by atoms with Crippen molar-refractivity contribution >= 4 is 11.4 Å². The second-order valence-corrected chi connectivity index (χ2v) is 4.22. The van der Waals surface area contributed by atoms with Crippen LogP contribution in [0.3, 0.4) is 0 Å². The highest BCUT2D eigenvalue weighted by atomic mass is 19.4. The van der Waals surface area contributed by atoms with Crippen LogP contribution in [0.1, 0.15) is 11.1 Å². The van der Waals surface area contributed by atoms with Crippen LogP contribution in [0.25, 0.3) is 5.57 Å². The maximum atomic E-state index is 12.6. The first-order valence-electron chi connectivity index (χ1n) is 5.47. The van der Waals surface area contributed by atoms with Gasteiger partial charge in [-0.25, -0.2) is 0 Å². The Morgan fingerprint density at radius 2 is 1.71 bits per heavy atom. The molecule has 1 aliphatic heterocycles. The molecule has 2 rings (SSSR count). The molecule has 21 heavy (non-hydrogen) atoms. The molecule has 9 heteroatoms. The van der Waals surface area contributed by atoms with Crippen LogP contribution in [0.5, 0.6) is 0 Å². The summed E-state index contributed by atoms with van der Waals surface area (Å²) in [7, 11) is 0. The lowest BCUT2D eigenvalue weighted by Crippen LogP contribution is -2.35. The van der Waals surface area contributed by atoms with E-state index in [-0.39, 0.29) is 5.56 Å². The number of ether oxygens (including phenoxy) is 1. The average Bonchev–Trinajstić information content (AvgIpc) is 2.64. The molecule has 1 aromatic carbocycles. The summed E-state index contributed by atoms with van der Waals surface area (Å²) in [5, 5.41) is 0. The van der Waals surface area contributed by atoms with Crippen molar-refractivity contribution in [1.82, 2.24) is 0 Å². The molecule has 0 amide bonds. The molecule has 1 unspecified atom stereocenters. The van der Waals surface area contributed by atoms with Crippen LogP contribution in [0.2, 0.25) is 0 Å². The Morgan fingerprint density at radius 3 is 2.19 bits per heavy atom. The zero-order chi connectivity index (χ0) is 16.0. The third-order valence-electron chi connectivity index (χ3n) is 2.75. The lowest BCUT2D eigenvalue weighted by atomic mass is 9.98. The third-order valence-corrected chi connectivity index (χ3v) is 2.75. The highest BCUT2D eigenvalue weighted by Crippen LogP contribution is 2.37. The monoisotopic (exact) mass is 311 g/mol. The fourth-order valence-electron chi connectivity index (χ4n) is 1.84. The minimum atomic E-state index is -4.99. The Balaban J connectivity index is 2.44. The van der Waals surface area contributed by atoms with Gasteiger partial charge >= 0.3 is 12.4 Å². The predicted octanol–water partition coefficient (Wildman–Crippen LogP) is 2.86. The molecule has 1 atom stereocenters. The van der Waals surface area contributed by atoms with E-state index in [1.807, 2.05) is 0 Å². The van der Waals surface area contributed by atoms with Crippen LogP contribution in [-0.4, -0.2) is 18.1 Å². The minimum Gasteiger partial charge on any atom is -0.457 e. The van der Waals surface area contributed by atoms with Crippen LogP contribution in [0.4, 0.5) is 26.3 Å². The normalized spacial score (nSPS) is 19.9. The van der Waals surface area contributed by atoms with Crippen molar-refractivity contribution in [2.75, 3.05) is 0 Å². The highest BCUT2D eigenvalue weighted by molar-refractivity contribution is 6.25. The Labute approximate surface area is 114 Å². The second-order valence-electron chi connectivity index (χ2n) is 4.22. The fraction of sp³-hybridized carbons (Fsp3) is 0.250. The molecule has 114 valence electrons. The van der Waals surface area contributed by atoms with E-state index < -0.39 is 41.3 Å². The number of nitrogens with two attached hydrogens (primary N) is 1. The lowest BCUT2D eigenvalue weighted by Gasteiger charge is -2.13. The largest absolute Gasteiger partial charge is 0.457 e. The molecule has 0 spiro atoms. The van der Waals surface area contributed by atoms with Crippen molar-refractivity contribution in [3.8, 4) is 0 Å². The molecule has 0 fully saturated rings. The molecule has 2 N–H and O–H groups in total. The number of hydrogen-bond donors (Lipinski definition) is 1. The molecule has 0 aromatic heterocycles. The fourth-order valence-corrected chi connectivity index (χ4v) is 1.84. The van der Waals surface area contributed by atoms with Gasteiger partial charge < -0.3 is 10.5 Å². The van der Waals surface area contributed by atoms with Gasteiger partial charge in [-0.1, -0.05) is 12.1 Å². The zero-order valence-corrected chi connectivity index (χ0v) is 10.0. The summed E-state index contributed by atoms with van der Waals surface area (Å²) in [6.07, 6.45) is -12.5. The van der Waals surface area contributed by atoms with E-state index in [4.69, 9.17) is 5.73 Å². The van der Waals surface area contributed by atoms with Gasteiger partial charge in [-0.05, 0) is 17.7 Å². The quantitative estimate of drug-likeness (QED) is 0.811. The number of hydrogen-bond acceptors (Lipinski definition) is 3. The summed E-state index contributed by atoms with van der Waals surface area (Å²) in [4.78, 5) is 11.7. The first kappa shape index (κ1) is 15.2. The minimum absolute atomic E-state index is 0.376. The predicted molar refractivity (Wildman–Crippen MR) is 58.5 cm³/mol. The Hall–Kier alpha value is -2.19. The van der Waals surface area contributed by atoms with Crippen molar-refractivity contribution < 1.29 is 35.9 Å². The Kier molecular flexibility index (Phi) is 3.38. The SMILES string of the molecule is NC1=C(c2cccc(C(F)(F)F)c2)C(=O)C(C(F)(F)F)O1. The molecular formula is C12H7F6NO2. The Morgan fingerprint density at radius 1 is 1.10 bits per heavy atom. The molecule has 0 saturated heterocycles. The molecule has 0 bridgehead atoms. The number of alkyl halides is 6. The number of halogens is 6. The van der Waals surface area contributed by atoms with E-state index >= 15 is 0 Å². The van der Waals surface area contributed by atoms with Crippen molar-refractivity contribution in [3.63, 3.8) is 0 Å². The first-order valence-corrected chi connectivity index (χ1v) is 5.47. The summed E-state index contributed by atoms with van der Waals surface area (Å²) >= 11 is 0. The topological polar surface area (TPSA) is 52.3 Å². The van der Waals surface area contributed by atoms with Gasteiger partial charge in [0.15, 0.2) is 5.88 Å². The molecular weight excluding hydrogens is 304 g/mol. The Bertz CT molecular complexity index is 617. The van der Waals surface area contributed by atoms with Gasteiger partial charge in [0.05, 0.1) is 11.1 Å². The summed E-state index contributed by atoms with van der Waals surface area (Å²) < 4.78 is 79.5. The van der Waals surface area contributed by atoms with E-state index in [2.05, 4.69) is 4.74 Å². The van der Waals surface area contributed by atoms with Crippen LogP contribution >= 0.6 is 0 Å². The number of ketones is 1. The maximum absolute atomic E-state index is 12.6.